The van der Waals surface area contributed by atoms with E-state index in [1.165, 1.54) is 12.1 Å². The van der Waals surface area contributed by atoms with Gasteiger partial charge >= 0.3 is 11.9 Å². The normalized spacial score (nSPS) is 13.7. The number of Topliss-reactive ketones (excluding diaryl/α,β-unsaturated/α-hetero) is 1. The molecule has 0 saturated carbocycles. The molecule has 0 spiro atoms. The summed E-state index contributed by atoms with van der Waals surface area (Å²) in [5.74, 6) is -2.88. The zero-order chi connectivity index (χ0) is 30.6. The van der Waals surface area contributed by atoms with Crippen molar-refractivity contribution in [1.82, 2.24) is 4.90 Å². The summed E-state index contributed by atoms with van der Waals surface area (Å²) in [5, 5.41) is 15.6. The van der Waals surface area contributed by atoms with Gasteiger partial charge in [0.1, 0.15) is 5.82 Å². The van der Waals surface area contributed by atoms with Crippen LogP contribution in [0.2, 0.25) is 0 Å². The van der Waals surface area contributed by atoms with Gasteiger partial charge in [0.05, 0.1) is 0 Å². The SMILES string of the molecule is Cc1cccc(N(CCN2CCC(C(=O)c3ccc(F)cc3)CC2)C(=O)c2ccc(N)cc2)c1.O=C(O)C=CC(=O)O. The summed E-state index contributed by atoms with van der Waals surface area (Å²) >= 11 is 0. The highest BCUT2D eigenvalue weighted by atomic mass is 19.1. The first kappa shape index (κ1) is 31.7. The fourth-order valence-corrected chi connectivity index (χ4v) is 4.58. The van der Waals surface area contributed by atoms with Crippen LogP contribution in [0, 0.1) is 18.7 Å². The van der Waals surface area contributed by atoms with E-state index in [0.717, 1.165) is 37.2 Å². The van der Waals surface area contributed by atoms with Gasteiger partial charge in [0.2, 0.25) is 0 Å². The molecule has 1 aliphatic heterocycles. The molecule has 1 fully saturated rings. The molecule has 0 aromatic heterocycles. The van der Waals surface area contributed by atoms with Crippen molar-refractivity contribution < 1.29 is 33.8 Å². The number of aliphatic carboxylic acids is 2. The smallest absolute Gasteiger partial charge is 0.328 e. The quantitative estimate of drug-likeness (QED) is 0.190. The molecule has 0 bridgehead atoms. The van der Waals surface area contributed by atoms with E-state index in [9.17, 15) is 23.6 Å². The minimum Gasteiger partial charge on any atom is -0.478 e. The lowest BCUT2D eigenvalue weighted by molar-refractivity contribution is -0.134. The summed E-state index contributed by atoms with van der Waals surface area (Å²) in [6.45, 7) is 4.85. The van der Waals surface area contributed by atoms with Gasteiger partial charge in [-0.25, -0.2) is 14.0 Å². The Balaban J connectivity index is 0.000000531. The summed E-state index contributed by atoms with van der Waals surface area (Å²) in [4.78, 5) is 49.3. The fraction of sp³-hybridized carbons (Fsp3) is 0.250. The van der Waals surface area contributed by atoms with Crippen molar-refractivity contribution in [2.45, 2.75) is 19.8 Å². The summed E-state index contributed by atoms with van der Waals surface area (Å²) in [7, 11) is 0. The van der Waals surface area contributed by atoms with Gasteiger partial charge in [-0.15, -0.1) is 0 Å². The number of hydrogen-bond acceptors (Lipinski definition) is 6. The van der Waals surface area contributed by atoms with Gasteiger partial charge in [-0.05, 0) is 99.1 Å². The van der Waals surface area contributed by atoms with E-state index in [1.807, 2.05) is 36.1 Å². The number of amides is 1. The average Bonchev–Trinajstić information content (AvgIpc) is 2.97. The van der Waals surface area contributed by atoms with Gasteiger partial charge in [-0.3, -0.25) is 9.59 Å². The molecule has 10 heteroatoms. The summed E-state index contributed by atoms with van der Waals surface area (Å²) in [6, 6.07) is 20.7. The van der Waals surface area contributed by atoms with Crippen molar-refractivity contribution in [3.8, 4) is 0 Å². The third-order valence-electron chi connectivity index (χ3n) is 6.81. The first-order valence-electron chi connectivity index (χ1n) is 13.4. The molecule has 0 aliphatic carbocycles. The molecule has 220 valence electrons. The number of aryl methyl sites for hydroxylation is 1. The maximum Gasteiger partial charge on any atom is 0.328 e. The number of ketones is 1. The number of carboxylic acid groups (broad SMARTS) is 2. The fourth-order valence-electron chi connectivity index (χ4n) is 4.58. The Morgan fingerprint density at radius 1 is 0.905 bits per heavy atom. The Morgan fingerprint density at radius 3 is 2.02 bits per heavy atom. The Hall–Kier alpha value is -4.83. The van der Waals surface area contributed by atoms with E-state index >= 15 is 0 Å². The van der Waals surface area contributed by atoms with Crippen LogP contribution in [0.3, 0.4) is 0 Å². The van der Waals surface area contributed by atoms with Gasteiger partial charge in [0, 0.05) is 53.7 Å². The van der Waals surface area contributed by atoms with Crippen molar-refractivity contribution in [2.75, 3.05) is 36.8 Å². The summed E-state index contributed by atoms with van der Waals surface area (Å²) in [5.41, 5.74) is 9.54. The molecule has 1 aliphatic rings. The van der Waals surface area contributed by atoms with Crippen LogP contribution >= 0.6 is 0 Å². The number of carboxylic acids is 2. The highest BCUT2D eigenvalue weighted by molar-refractivity contribution is 6.06. The van der Waals surface area contributed by atoms with E-state index in [4.69, 9.17) is 15.9 Å². The number of rotatable bonds is 9. The van der Waals surface area contributed by atoms with E-state index in [2.05, 4.69) is 4.90 Å². The van der Waals surface area contributed by atoms with Crippen LogP contribution in [0.15, 0.2) is 84.9 Å². The Bertz CT molecular complexity index is 1400. The topological polar surface area (TPSA) is 141 Å². The number of nitrogen functional groups attached to an aromatic ring is 1. The molecule has 1 heterocycles. The van der Waals surface area contributed by atoms with E-state index in [-0.39, 0.29) is 23.4 Å². The lowest BCUT2D eigenvalue weighted by atomic mass is 9.89. The Morgan fingerprint density at radius 2 is 1.48 bits per heavy atom. The second-order valence-corrected chi connectivity index (χ2v) is 9.91. The molecule has 4 N–H and O–H groups in total. The second-order valence-electron chi connectivity index (χ2n) is 9.91. The molecule has 9 nitrogen and oxygen atoms in total. The van der Waals surface area contributed by atoms with Crippen molar-refractivity contribution in [1.29, 1.82) is 0 Å². The molecule has 0 atom stereocenters. The van der Waals surface area contributed by atoms with Crippen LogP contribution in [0.25, 0.3) is 0 Å². The van der Waals surface area contributed by atoms with Crippen LogP contribution in [-0.4, -0.2) is 64.9 Å². The third kappa shape index (κ3) is 9.67. The van der Waals surface area contributed by atoms with Crippen molar-refractivity contribution in [3.05, 3.63) is 107 Å². The van der Waals surface area contributed by atoms with Gasteiger partial charge in [-0.1, -0.05) is 12.1 Å². The largest absolute Gasteiger partial charge is 0.478 e. The lowest BCUT2D eigenvalue weighted by Crippen LogP contribution is -2.42. The molecular formula is C32H34FN3O6. The third-order valence-corrected chi connectivity index (χ3v) is 6.81. The zero-order valence-electron chi connectivity index (χ0n) is 23.3. The van der Waals surface area contributed by atoms with Crippen molar-refractivity contribution >= 4 is 35.0 Å². The second kappa shape index (κ2) is 15.2. The molecular weight excluding hydrogens is 541 g/mol. The van der Waals surface area contributed by atoms with E-state index in [0.29, 0.717) is 42.1 Å². The van der Waals surface area contributed by atoms with Crippen LogP contribution < -0.4 is 10.6 Å². The minimum absolute atomic E-state index is 0.0500. The van der Waals surface area contributed by atoms with Crippen LogP contribution in [-0.2, 0) is 9.59 Å². The number of anilines is 2. The number of benzene rings is 3. The predicted molar refractivity (Wildman–Crippen MR) is 158 cm³/mol. The Labute approximate surface area is 243 Å². The zero-order valence-corrected chi connectivity index (χ0v) is 23.3. The number of likely N-dealkylation sites (tertiary alicyclic amines) is 1. The standard InChI is InChI=1S/C28H30FN3O2.C4H4O4/c1-20-3-2-4-26(19-20)32(28(34)23-7-11-25(30)12-8-23)18-17-31-15-13-22(14-16-31)27(33)21-5-9-24(29)10-6-21;5-3(6)1-2-4(7)8/h2-12,19,22H,13-18,30H2,1H3;1-2H,(H,5,6)(H,7,8). The predicted octanol–water partition coefficient (Wildman–Crippen LogP) is 4.67. The van der Waals surface area contributed by atoms with Crippen LogP contribution in [0.5, 0.6) is 0 Å². The van der Waals surface area contributed by atoms with Gasteiger partial charge in [0.15, 0.2) is 5.78 Å². The maximum atomic E-state index is 13.4. The first-order chi connectivity index (χ1) is 20.0. The molecule has 3 aromatic carbocycles. The average molecular weight is 576 g/mol. The highest BCUT2D eigenvalue weighted by Gasteiger charge is 2.27. The minimum atomic E-state index is -1.26. The highest BCUT2D eigenvalue weighted by Crippen LogP contribution is 2.23. The number of nitrogens with zero attached hydrogens (tertiary/aromatic N) is 2. The molecule has 3 aromatic rings. The molecule has 4 rings (SSSR count). The van der Waals surface area contributed by atoms with Crippen LogP contribution in [0.1, 0.15) is 39.1 Å². The number of piperidine rings is 1. The molecule has 0 unspecified atom stereocenters. The molecule has 1 saturated heterocycles. The van der Waals surface area contributed by atoms with E-state index in [1.54, 1.807) is 36.4 Å². The van der Waals surface area contributed by atoms with Crippen LogP contribution in [0.4, 0.5) is 15.8 Å². The number of nitrogens with two attached hydrogens (primary N) is 1. The number of hydrogen-bond donors (Lipinski definition) is 3. The Kier molecular flexibility index (Phi) is 11.5. The molecule has 0 radical (unpaired) electrons. The monoisotopic (exact) mass is 575 g/mol. The maximum absolute atomic E-state index is 13.4. The number of carbonyl (C=O) groups is 4. The van der Waals surface area contributed by atoms with Crippen molar-refractivity contribution in [3.63, 3.8) is 0 Å². The lowest BCUT2D eigenvalue weighted by Gasteiger charge is -2.33. The van der Waals surface area contributed by atoms with Gasteiger partial charge < -0.3 is 25.7 Å². The molecule has 42 heavy (non-hydrogen) atoms. The van der Waals surface area contributed by atoms with Gasteiger partial charge in [-0.2, -0.15) is 0 Å². The number of halogens is 1. The van der Waals surface area contributed by atoms with E-state index < -0.39 is 11.9 Å². The summed E-state index contributed by atoms with van der Waals surface area (Å²) < 4.78 is 13.2. The van der Waals surface area contributed by atoms with Gasteiger partial charge in [0.25, 0.3) is 5.91 Å². The van der Waals surface area contributed by atoms with Crippen molar-refractivity contribution in [2.24, 2.45) is 5.92 Å². The number of carbonyl (C=O) groups excluding carboxylic acids is 2. The first-order valence-corrected chi connectivity index (χ1v) is 13.4. The molecule has 1 amide bonds. The summed E-state index contributed by atoms with van der Waals surface area (Å²) in [6.07, 6.45) is 2.63.